The third-order valence-electron chi connectivity index (χ3n) is 6.75. The zero-order chi connectivity index (χ0) is 23.6. The molecule has 10 heteroatoms. The number of halogens is 3. The van der Waals surface area contributed by atoms with Crippen LogP contribution >= 0.6 is 0 Å². The summed E-state index contributed by atoms with van der Waals surface area (Å²) in [7, 11) is 0. The van der Waals surface area contributed by atoms with E-state index < -0.39 is 12.1 Å². The number of carbonyl (C=O) groups is 2. The van der Waals surface area contributed by atoms with E-state index in [1.807, 2.05) is 35.4 Å². The van der Waals surface area contributed by atoms with Gasteiger partial charge in [0.25, 0.3) is 5.91 Å². The molecular formula is C23H28F3N3O4. The number of H-pyrrole nitrogens is 1. The maximum Gasteiger partial charge on any atom is 0.490 e. The van der Waals surface area contributed by atoms with E-state index in [0.717, 1.165) is 68.1 Å². The number of nitrogens with zero attached hydrogens (tertiary/aromatic N) is 2. The SMILES string of the molecule is O=C(O)C(F)(F)F.O=C(c1ccc2[nH]ccc2c1)N1CCC2(CC1)COCCN2CC1CC1. The predicted octanol–water partition coefficient (Wildman–Crippen LogP) is 3.52. The molecular weight excluding hydrogens is 439 g/mol. The van der Waals surface area contributed by atoms with E-state index in [0.29, 0.717) is 0 Å². The fourth-order valence-electron chi connectivity index (χ4n) is 4.62. The number of benzene rings is 1. The molecule has 33 heavy (non-hydrogen) atoms. The minimum absolute atomic E-state index is 0.155. The number of fused-ring (bicyclic) bond motifs is 1. The average molecular weight is 467 g/mol. The molecule has 1 spiro atoms. The molecule has 0 atom stereocenters. The topological polar surface area (TPSA) is 85.9 Å². The Morgan fingerprint density at radius 1 is 1.15 bits per heavy atom. The van der Waals surface area contributed by atoms with Crippen LogP contribution in [0.25, 0.3) is 10.9 Å². The highest BCUT2D eigenvalue weighted by Gasteiger charge is 2.44. The van der Waals surface area contributed by atoms with Crippen molar-refractivity contribution >= 4 is 22.8 Å². The van der Waals surface area contributed by atoms with Gasteiger partial charge in [-0.15, -0.1) is 0 Å². The lowest BCUT2D eigenvalue weighted by Gasteiger charge is -2.51. The average Bonchev–Trinajstić information content (AvgIpc) is 3.48. The molecule has 0 unspecified atom stereocenters. The monoisotopic (exact) mass is 467 g/mol. The number of morpholine rings is 1. The molecule has 0 bridgehead atoms. The first-order chi connectivity index (χ1) is 15.7. The lowest BCUT2D eigenvalue weighted by atomic mass is 9.85. The van der Waals surface area contributed by atoms with E-state index in [1.54, 1.807) is 0 Å². The van der Waals surface area contributed by atoms with Crippen LogP contribution in [-0.2, 0) is 9.53 Å². The molecule has 0 radical (unpaired) electrons. The molecule has 5 rings (SSSR count). The van der Waals surface area contributed by atoms with Crippen LogP contribution < -0.4 is 0 Å². The largest absolute Gasteiger partial charge is 0.490 e. The molecule has 3 fully saturated rings. The number of piperidine rings is 1. The number of aromatic amines is 1. The predicted molar refractivity (Wildman–Crippen MR) is 115 cm³/mol. The molecule has 2 aromatic rings. The van der Waals surface area contributed by atoms with Gasteiger partial charge in [0.05, 0.1) is 13.2 Å². The van der Waals surface area contributed by atoms with Gasteiger partial charge in [0.2, 0.25) is 0 Å². The van der Waals surface area contributed by atoms with Crippen LogP contribution in [0.4, 0.5) is 13.2 Å². The summed E-state index contributed by atoms with van der Waals surface area (Å²) in [5, 5.41) is 8.22. The summed E-state index contributed by atoms with van der Waals surface area (Å²) in [6.07, 6.45) is 1.66. The fraction of sp³-hybridized carbons (Fsp3) is 0.565. The molecule has 180 valence electrons. The van der Waals surface area contributed by atoms with Crippen molar-refractivity contribution in [3.63, 3.8) is 0 Å². The van der Waals surface area contributed by atoms with Crippen molar-refractivity contribution in [1.29, 1.82) is 0 Å². The van der Waals surface area contributed by atoms with Crippen molar-refractivity contribution in [3.8, 4) is 0 Å². The molecule has 2 saturated heterocycles. The van der Waals surface area contributed by atoms with Crippen LogP contribution in [0, 0.1) is 5.92 Å². The van der Waals surface area contributed by atoms with Crippen molar-refractivity contribution in [2.45, 2.75) is 37.4 Å². The number of nitrogens with one attached hydrogen (secondary N) is 1. The Hall–Kier alpha value is -2.59. The first-order valence-corrected chi connectivity index (χ1v) is 11.2. The molecule has 1 aliphatic carbocycles. The smallest absolute Gasteiger partial charge is 0.475 e. The van der Waals surface area contributed by atoms with Gasteiger partial charge in [0.15, 0.2) is 0 Å². The van der Waals surface area contributed by atoms with Gasteiger partial charge in [0, 0.05) is 54.4 Å². The van der Waals surface area contributed by atoms with Gasteiger partial charge in [-0.3, -0.25) is 9.69 Å². The van der Waals surface area contributed by atoms with Crippen molar-refractivity contribution in [2.24, 2.45) is 5.92 Å². The summed E-state index contributed by atoms with van der Waals surface area (Å²) < 4.78 is 37.6. The summed E-state index contributed by atoms with van der Waals surface area (Å²) in [5.41, 5.74) is 2.03. The van der Waals surface area contributed by atoms with Gasteiger partial charge in [-0.05, 0) is 55.9 Å². The number of carboxylic acid groups (broad SMARTS) is 1. The number of amides is 1. The van der Waals surface area contributed by atoms with Gasteiger partial charge in [-0.2, -0.15) is 13.2 Å². The Kier molecular flexibility index (Phi) is 6.67. The Bertz CT molecular complexity index is 994. The van der Waals surface area contributed by atoms with Crippen LogP contribution in [-0.4, -0.2) is 82.9 Å². The Morgan fingerprint density at radius 2 is 1.85 bits per heavy atom. The standard InChI is InChI=1S/C21H27N3O2.C2HF3O2/c25-20(18-3-4-19-17(13-18)5-8-22-19)23-9-6-21(7-10-23)15-26-12-11-24(21)14-16-1-2-16;3-2(4,5)1(6)7/h3-5,8,13,16,22H,1-2,6-7,9-12,14-15H2;(H,6,7). The molecule has 3 aliphatic rings. The fourth-order valence-corrected chi connectivity index (χ4v) is 4.62. The molecule has 1 saturated carbocycles. The maximum atomic E-state index is 13.0. The first-order valence-electron chi connectivity index (χ1n) is 11.2. The lowest BCUT2D eigenvalue weighted by Crippen LogP contribution is -2.62. The van der Waals surface area contributed by atoms with Crippen LogP contribution in [0.15, 0.2) is 30.5 Å². The third kappa shape index (κ3) is 5.50. The maximum absolute atomic E-state index is 13.0. The minimum Gasteiger partial charge on any atom is -0.475 e. The van der Waals surface area contributed by atoms with Crippen molar-refractivity contribution in [1.82, 2.24) is 14.8 Å². The van der Waals surface area contributed by atoms with E-state index in [9.17, 15) is 18.0 Å². The van der Waals surface area contributed by atoms with E-state index in [4.69, 9.17) is 14.6 Å². The van der Waals surface area contributed by atoms with E-state index in [-0.39, 0.29) is 11.4 Å². The van der Waals surface area contributed by atoms with Crippen molar-refractivity contribution < 1.29 is 32.6 Å². The number of rotatable bonds is 3. The summed E-state index contributed by atoms with van der Waals surface area (Å²) in [4.78, 5) is 29.8. The number of carboxylic acids is 1. The zero-order valence-electron chi connectivity index (χ0n) is 18.2. The molecule has 7 nitrogen and oxygen atoms in total. The molecule has 1 aromatic heterocycles. The Balaban J connectivity index is 0.000000325. The molecule has 2 N–H and O–H groups in total. The molecule has 1 amide bonds. The second-order valence-corrected chi connectivity index (χ2v) is 9.04. The number of carbonyl (C=O) groups excluding carboxylic acids is 1. The van der Waals surface area contributed by atoms with E-state index >= 15 is 0 Å². The highest BCUT2D eigenvalue weighted by molar-refractivity contribution is 5.98. The second-order valence-electron chi connectivity index (χ2n) is 9.04. The van der Waals surface area contributed by atoms with E-state index in [1.165, 1.54) is 19.4 Å². The number of likely N-dealkylation sites (tertiary alicyclic amines) is 1. The van der Waals surface area contributed by atoms with Gasteiger partial charge in [-0.1, -0.05) is 0 Å². The number of hydrogen-bond acceptors (Lipinski definition) is 4. The second kappa shape index (κ2) is 9.34. The van der Waals surface area contributed by atoms with Crippen molar-refractivity contribution in [3.05, 3.63) is 36.0 Å². The van der Waals surface area contributed by atoms with Crippen LogP contribution in [0.5, 0.6) is 0 Å². The van der Waals surface area contributed by atoms with Crippen LogP contribution in [0.1, 0.15) is 36.0 Å². The number of aliphatic carboxylic acids is 1. The number of ether oxygens (including phenoxy) is 1. The first kappa shape index (κ1) is 23.6. The Labute approximate surface area is 189 Å². The number of alkyl halides is 3. The third-order valence-corrected chi connectivity index (χ3v) is 6.75. The summed E-state index contributed by atoms with van der Waals surface area (Å²) in [5.74, 6) is -1.70. The summed E-state index contributed by atoms with van der Waals surface area (Å²) in [6, 6.07) is 7.96. The molecule has 3 heterocycles. The molecule has 2 aliphatic heterocycles. The van der Waals surface area contributed by atoms with Crippen LogP contribution in [0.2, 0.25) is 0 Å². The van der Waals surface area contributed by atoms with Crippen LogP contribution in [0.3, 0.4) is 0 Å². The molecule has 1 aromatic carbocycles. The van der Waals surface area contributed by atoms with E-state index in [2.05, 4.69) is 9.88 Å². The highest BCUT2D eigenvalue weighted by atomic mass is 19.4. The van der Waals surface area contributed by atoms with Crippen molar-refractivity contribution in [2.75, 3.05) is 39.4 Å². The van der Waals surface area contributed by atoms with Gasteiger partial charge < -0.3 is 19.7 Å². The highest BCUT2D eigenvalue weighted by Crippen LogP contribution is 2.37. The minimum atomic E-state index is -5.08. The van der Waals surface area contributed by atoms with Gasteiger partial charge >= 0.3 is 12.1 Å². The summed E-state index contributed by atoms with van der Waals surface area (Å²) >= 11 is 0. The quantitative estimate of drug-likeness (QED) is 0.722. The number of hydrogen-bond donors (Lipinski definition) is 2. The van der Waals surface area contributed by atoms with Gasteiger partial charge in [0.1, 0.15) is 0 Å². The van der Waals surface area contributed by atoms with Gasteiger partial charge in [-0.25, -0.2) is 4.79 Å². The number of aromatic nitrogens is 1. The summed E-state index contributed by atoms with van der Waals surface area (Å²) in [6.45, 7) is 5.62. The Morgan fingerprint density at radius 3 is 2.48 bits per heavy atom. The normalized spacial score (nSPS) is 21.0. The lowest BCUT2D eigenvalue weighted by molar-refractivity contribution is -0.192. The zero-order valence-corrected chi connectivity index (χ0v) is 18.2.